The summed E-state index contributed by atoms with van der Waals surface area (Å²) in [5.41, 5.74) is 5.41. The predicted octanol–water partition coefficient (Wildman–Crippen LogP) is 0.188. The molecule has 1 fully saturated rings. The molecule has 3 rings (SSSR count). The van der Waals surface area contributed by atoms with Crippen molar-refractivity contribution in [3.8, 4) is 0 Å². The molecule has 0 atom stereocenters. The van der Waals surface area contributed by atoms with Gasteiger partial charge >= 0.3 is 0 Å². The van der Waals surface area contributed by atoms with E-state index in [9.17, 15) is 13.2 Å². The minimum absolute atomic E-state index is 0.0253. The normalized spacial score (nSPS) is 19.9. The first-order chi connectivity index (χ1) is 13.3. The Morgan fingerprint density at radius 3 is 2.61 bits per heavy atom. The van der Waals surface area contributed by atoms with E-state index in [1.165, 1.54) is 10.6 Å². The highest BCUT2D eigenvalue weighted by molar-refractivity contribution is 7.88. The minimum atomic E-state index is -3.17. The van der Waals surface area contributed by atoms with Crippen molar-refractivity contribution in [3.05, 3.63) is 24.0 Å². The third-order valence-electron chi connectivity index (χ3n) is 4.84. The molecule has 1 N–H and O–H groups in total. The van der Waals surface area contributed by atoms with Gasteiger partial charge in [-0.05, 0) is 24.4 Å². The summed E-state index contributed by atoms with van der Waals surface area (Å²) in [4.78, 5) is 20.0. The van der Waals surface area contributed by atoms with Gasteiger partial charge in [0.25, 0.3) is 0 Å². The zero-order chi connectivity index (χ0) is 20.3. The third-order valence-corrected chi connectivity index (χ3v) is 6.49. The standard InChI is InChI=1S/C17H24N6O3S2/c1-13(24)23-7-5-14(12-15-16(23)4-3-6-18-15)19-20-17(27)21-8-10-22(11-9-21)28(2,25)26/h3-4,6H,5,7-12H2,1-2H3,(H,20,27)/b19-14-. The van der Waals surface area contributed by atoms with E-state index in [0.717, 1.165) is 17.1 Å². The van der Waals surface area contributed by atoms with Crippen LogP contribution in [0.2, 0.25) is 0 Å². The number of piperazine rings is 1. The summed E-state index contributed by atoms with van der Waals surface area (Å²) in [5.74, 6) is -0.0253. The second-order valence-corrected chi connectivity index (χ2v) is 9.18. The molecular weight excluding hydrogens is 400 g/mol. The van der Waals surface area contributed by atoms with Crippen LogP contribution in [0.15, 0.2) is 23.4 Å². The van der Waals surface area contributed by atoms with Gasteiger partial charge in [-0.15, -0.1) is 0 Å². The fourth-order valence-electron chi connectivity index (χ4n) is 3.30. The molecule has 0 aromatic carbocycles. The van der Waals surface area contributed by atoms with Crippen molar-refractivity contribution >= 4 is 44.7 Å². The summed E-state index contributed by atoms with van der Waals surface area (Å²) in [6.45, 7) is 3.93. The van der Waals surface area contributed by atoms with Crippen LogP contribution >= 0.6 is 12.2 Å². The summed E-state index contributed by atoms with van der Waals surface area (Å²) in [5, 5.41) is 4.92. The minimum Gasteiger partial charge on any atom is -0.345 e. The lowest BCUT2D eigenvalue weighted by atomic mass is 10.1. The van der Waals surface area contributed by atoms with Crippen LogP contribution < -0.4 is 10.3 Å². The first-order valence-electron chi connectivity index (χ1n) is 9.03. The molecular formula is C17H24N6O3S2. The number of rotatable bonds is 2. The molecule has 1 aromatic rings. The molecule has 1 aromatic heterocycles. The first-order valence-corrected chi connectivity index (χ1v) is 11.3. The molecule has 28 heavy (non-hydrogen) atoms. The van der Waals surface area contributed by atoms with Crippen LogP contribution in [0.1, 0.15) is 19.0 Å². The topological polar surface area (TPSA) is 98.2 Å². The van der Waals surface area contributed by atoms with Crippen molar-refractivity contribution in [2.24, 2.45) is 5.10 Å². The SMILES string of the molecule is CC(=O)N1CC/C(=N/NC(=S)N2CCN(S(C)(=O)=O)CC2)Cc2ncccc21. The van der Waals surface area contributed by atoms with Crippen LogP contribution in [-0.2, 0) is 21.2 Å². The number of hydrazone groups is 1. The number of fused-ring (bicyclic) bond motifs is 1. The van der Waals surface area contributed by atoms with E-state index >= 15 is 0 Å². The number of anilines is 1. The summed E-state index contributed by atoms with van der Waals surface area (Å²) < 4.78 is 24.7. The van der Waals surface area contributed by atoms with E-state index < -0.39 is 10.0 Å². The number of sulfonamides is 1. The number of aromatic nitrogens is 1. The zero-order valence-corrected chi connectivity index (χ0v) is 17.6. The summed E-state index contributed by atoms with van der Waals surface area (Å²) in [7, 11) is -3.17. The maximum absolute atomic E-state index is 12.0. The number of hydrogen-bond acceptors (Lipinski definition) is 6. The van der Waals surface area contributed by atoms with Crippen LogP contribution in [0.5, 0.6) is 0 Å². The van der Waals surface area contributed by atoms with E-state index in [4.69, 9.17) is 12.2 Å². The number of nitrogens with zero attached hydrogens (tertiary/aromatic N) is 5. The molecule has 0 saturated carbocycles. The number of carbonyl (C=O) groups excluding carboxylic acids is 1. The molecule has 0 unspecified atom stereocenters. The van der Waals surface area contributed by atoms with E-state index in [2.05, 4.69) is 15.5 Å². The number of nitrogens with one attached hydrogen (secondary N) is 1. The smallest absolute Gasteiger partial charge is 0.223 e. The highest BCUT2D eigenvalue weighted by Gasteiger charge is 2.25. The van der Waals surface area contributed by atoms with Crippen molar-refractivity contribution in [1.29, 1.82) is 0 Å². The molecule has 1 amide bonds. The Balaban J connectivity index is 1.64. The lowest BCUT2D eigenvalue weighted by Crippen LogP contribution is -2.52. The Morgan fingerprint density at radius 2 is 1.96 bits per heavy atom. The Labute approximate surface area is 170 Å². The maximum Gasteiger partial charge on any atom is 0.223 e. The van der Waals surface area contributed by atoms with E-state index in [-0.39, 0.29) is 5.91 Å². The molecule has 2 aliphatic heterocycles. The van der Waals surface area contributed by atoms with E-state index in [1.54, 1.807) is 18.0 Å². The molecule has 3 heterocycles. The lowest BCUT2D eigenvalue weighted by molar-refractivity contribution is -0.116. The first kappa shape index (κ1) is 20.6. The van der Waals surface area contributed by atoms with Crippen LogP contribution in [0.3, 0.4) is 0 Å². The fraction of sp³-hybridized carbons (Fsp3) is 0.529. The van der Waals surface area contributed by atoms with Gasteiger partial charge in [0.15, 0.2) is 5.11 Å². The molecule has 152 valence electrons. The Bertz CT molecular complexity index is 894. The van der Waals surface area contributed by atoms with Gasteiger partial charge in [-0.1, -0.05) is 0 Å². The van der Waals surface area contributed by atoms with E-state index in [1.807, 2.05) is 17.0 Å². The van der Waals surface area contributed by atoms with Gasteiger partial charge in [-0.2, -0.15) is 9.41 Å². The monoisotopic (exact) mass is 424 g/mol. The average molecular weight is 425 g/mol. The number of amides is 1. The Kier molecular flexibility index (Phi) is 6.26. The molecule has 9 nitrogen and oxygen atoms in total. The second-order valence-electron chi connectivity index (χ2n) is 6.81. The van der Waals surface area contributed by atoms with Gasteiger partial charge in [0.1, 0.15) is 0 Å². The van der Waals surface area contributed by atoms with Crippen molar-refractivity contribution in [2.45, 2.75) is 19.8 Å². The highest BCUT2D eigenvalue weighted by atomic mass is 32.2. The van der Waals surface area contributed by atoms with Crippen molar-refractivity contribution < 1.29 is 13.2 Å². The number of pyridine rings is 1. The van der Waals surface area contributed by atoms with Gasteiger partial charge in [0, 0.05) is 64.4 Å². The maximum atomic E-state index is 12.0. The molecule has 0 aliphatic carbocycles. The largest absolute Gasteiger partial charge is 0.345 e. The quantitative estimate of drug-likeness (QED) is 0.534. The van der Waals surface area contributed by atoms with Gasteiger partial charge in [-0.25, -0.2) is 8.42 Å². The molecule has 2 aliphatic rings. The lowest BCUT2D eigenvalue weighted by Gasteiger charge is -2.34. The van der Waals surface area contributed by atoms with Crippen molar-refractivity contribution in [3.63, 3.8) is 0 Å². The Hall–Kier alpha value is -2.11. The van der Waals surface area contributed by atoms with Gasteiger partial charge < -0.3 is 9.80 Å². The van der Waals surface area contributed by atoms with Gasteiger partial charge in [0.05, 0.1) is 17.6 Å². The number of thiocarbonyl (C=S) groups is 1. The van der Waals surface area contributed by atoms with Gasteiger partial charge in [0.2, 0.25) is 15.9 Å². The highest BCUT2D eigenvalue weighted by Crippen LogP contribution is 2.23. The zero-order valence-electron chi connectivity index (χ0n) is 16.0. The number of carbonyl (C=O) groups is 1. The fourth-order valence-corrected chi connectivity index (χ4v) is 4.35. The average Bonchev–Trinajstić information content (AvgIpc) is 2.85. The van der Waals surface area contributed by atoms with E-state index in [0.29, 0.717) is 50.7 Å². The Morgan fingerprint density at radius 1 is 1.25 bits per heavy atom. The molecule has 0 spiro atoms. The van der Waals surface area contributed by atoms with Crippen LogP contribution in [-0.4, -0.2) is 78.3 Å². The van der Waals surface area contributed by atoms with Crippen LogP contribution in [0.25, 0.3) is 0 Å². The predicted molar refractivity (Wildman–Crippen MR) is 112 cm³/mol. The molecule has 1 saturated heterocycles. The van der Waals surface area contributed by atoms with Gasteiger partial charge in [-0.3, -0.25) is 15.2 Å². The molecule has 11 heteroatoms. The molecule has 0 radical (unpaired) electrons. The van der Waals surface area contributed by atoms with Crippen LogP contribution in [0.4, 0.5) is 5.69 Å². The number of hydrogen-bond donors (Lipinski definition) is 1. The summed E-state index contributed by atoms with van der Waals surface area (Å²) in [6.07, 6.45) is 4.08. The van der Waals surface area contributed by atoms with Crippen molar-refractivity contribution in [2.75, 3.05) is 43.9 Å². The van der Waals surface area contributed by atoms with Crippen LogP contribution in [0, 0.1) is 0 Å². The third kappa shape index (κ3) is 4.83. The van der Waals surface area contributed by atoms with Crippen molar-refractivity contribution in [1.82, 2.24) is 19.6 Å². The summed E-state index contributed by atoms with van der Waals surface area (Å²) in [6, 6.07) is 3.71. The summed E-state index contributed by atoms with van der Waals surface area (Å²) >= 11 is 5.41. The molecule has 0 bridgehead atoms. The second kappa shape index (κ2) is 8.50.